The van der Waals surface area contributed by atoms with Crippen molar-refractivity contribution < 1.29 is 19.1 Å². The maximum Gasteiger partial charge on any atom is 0.328 e. The molecule has 1 aromatic carbocycles. The molecule has 0 aromatic heterocycles. The molecule has 1 atom stereocenters. The predicted octanol–water partition coefficient (Wildman–Crippen LogP) is 1.69. The lowest BCUT2D eigenvalue weighted by atomic mass is 10.0. The second-order valence-corrected chi connectivity index (χ2v) is 8.34. The van der Waals surface area contributed by atoms with Gasteiger partial charge in [0.25, 0.3) is 0 Å². The van der Waals surface area contributed by atoms with Crippen molar-refractivity contribution in [3.63, 3.8) is 0 Å². The van der Waals surface area contributed by atoms with Crippen LogP contribution >= 0.6 is 31.9 Å². The average Bonchev–Trinajstić information content (AvgIpc) is 2.61. The van der Waals surface area contributed by atoms with E-state index >= 15 is 0 Å². The van der Waals surface area contributed by atoms with Gasteiger partial charge in [0.05, 0.1) is 13.7 Å². The molecule has 1 amide bonds. The number of hydrogen-bond donors (Lipinski definition) is 1. The number of ketones is 1. The van der Waals surface area contributed by atoms with Crippen molar-refractivity contribution in [2.24, 2.45) is 0 Å². The molecule has 1 aliphatic rings. The van der Waals surface area contributed by atoms with Gasteiger partial charge in [-0.05, 0) is 25.2 Å². The van der Waals surface area contributed by atoms with Gasteiger partial charge in [0.15, 0.2) is 5.78 Å². The number of nitrogens with zero attached hydrogens (tertiary/aromatic N) is 2. The fourth-order valence-corrected chi connectivity index (χ4v) is 4.10. The molecule has 1 saturated heterocycles. The van der Waals surface area contributed by atoms with Gasteiger partial charge in [-0.25, -0.2) is 4.79 Å². The minimum atomic E-state index is -1.01. The van der Waals surface area contributed by atoms with Gasteiger partial charge in [-0.15, -0.1) is 0 Å². The van der Waals surface area contributed by atoms with Gasteiger partial charge in [-0.2, -0.15) is 0 Å². The van der Waals surface area contributed by atoms with Gasteiger partial charge < -0.3 is 15.0 Å². The molecule has 7 nitrogen and oxygen atoms in total. The zero-order valence-electron chi connectivity index (χ0n) is 15.3. The zero-order chi connectivity index (χ0) is 20.0. The molecule has 0 spiro atoms. The second kappa shape index (κ2) is 10.3. The molecule has 0 saturated carbocycles. The first kappa shape index (κ1) is 22.0. The number of amides is 1. The summed E-state index contributed by atoms with van der Waals surface area (Å²) in [4.78, 5) is 41.2. The van der Waals surface area contributed by atoms with E-state index in [2.05, 4.69) is 42.1 Å². The Hall–Kier alpha value is -1.29. The minimum Gasteiger partial charge on any atom is -0.467 e. The van der Waals surface area contributed by atoms with Crippen LogP contribution in [0.4, 0.5) is 0 Å². The highest BCUT2D eigenvalue weighted by atomic mass is 79.9. The Kier molecular flexibility index (Phi) is 8.40. The summed E-state index contributed by atoms with van der Waals surface area (Å²) in [5.41, 5.74) is 0.443. The highest BCUT2D eigenvalue weighted by Gasteiger charge is 2.26. The zero-order valence-corrected chi connectivity index (χ0v) is 18.5. The van der Waals surface area contributed by atoms with Gasteiger partial charge in [-0.3, -0.25) is 14.5 Å². The first-order valence-corrected chi connectivity index (χ1v) is 10.1. The Labute approximate surface area is 175 Å². The van der Waals surface area contributed by atoms with Crippen molar-refractivity contribution in [2.75, 3.05) is 46.9 Å². The fraction of sp³-hybridized carbons (Fsp3) is 0.500. The Morgan fingerprint density at radius 3 is 2.26 bits per heavy atom. The van der Waals surface area contributed by atoms with Crippen molar-refractivity contribution in [1.29, 1.82) is 0 Å². The van der Waals surface area contributed by atoms with E-state index in [4.69, 9.17) is 4.74 Å². The Morgan fingerprint density at radius 1 is 1.11 bits per heavy atom. The van der Waals surface area contributed by atoms with Crippen molar-refractivity contribution in [1.82, 2.24) is 15.1 Å². The summed E-state index contributed by atoms with van der Waals surface area (Å²) in [6.45, 7) is 3.56. The van der Waals surface area contributed by atoms with Crippen LogP contribution in [0.1, 0.15) is 16.8 Å². The van der Waals surface area contributed by atoms with Crippen LogP contribution in [0, 0.1) is 0 Å². The van der Waals surface area contributed by atoms with Gasteiger partial charge in [0.2, 0.25) is 5.91 Å². The first-order valence-electron chi connectivity index (χ1n) is 8.56. The van der Waals surface area contributed by atoms with E-state index in [0.717, 1.165) is 35.1 Å². The van der Waals surface area contributed by atoms with Crippen LogP contribution in [-0.4, -0.2) is 80.4 Å². The topological polar surface area (TPSA) is 78.9 Å². The number of ether oxygens (including phenoxy) is 1. The molecule has 0 aliphatic carbocycles. The summed E-state index contributed by atoms with van der Waals surface area (Å²) < 4.78 is 6.25. The maximum absolute atomic E-state index is 12.6. The summed E-state index contributed by atoms with van der Waals surface area (Å²) in [6.07, 6.45) is -0.163. The number of carbonyl (C=O) groups is 3. The van der Waals surface area contributed by atoms with E-state index in [-0.39, 0.29) is 24.7 Å². The molecule has 1 aliphatic heterocycles. The Bertz CT molecular complexity index is 686. The van der Waals surface area contributed by atoms with Crippen molar-refractivity contribution in [2.45, 2.75) is 12.5 Å². The number of halogens is 2. The third kappa shape index (κ3) is 6.99. The standard InChI is InChI=1S/C18H23Br2N3O4/c1-22-3-5-23(6-4-22)11-17(25)21-15(18(26)27-2)10-16(24)12-7-13(19)9-14(20)8-12/h7-9,15H,3-6,10-11H2,1-2H3,(H,21,25). The van der Waals surface area contributed by atoms with E-state index in [1.165, 1.54) is 7.11 Å². The normalized spacial score (nSPS) is 16.6. The SMILES string of the molecule is COC(=O)C(CC(=O)c1cc(Br)cc(Br)c1)NC(=O)CN1CCN(C)CC1. The lowest BCUT2D eigenvalue weighted by Gasteiger charge is -2.32. The Morgan fingerprint density at radius 2 is 1.70 bits per heavy atom. The third-order valence-corrected chi connectivity index (χ3v) is 5.27. The van der Waals surface area contributed by atoms with Crippen LogP contribution in [-0.2, 0) is 14.3 Å². The number of carbonyl (C=O) groups excluding carboxylic acids is 3. The largest absolute Gasteiger partial charge is 0.467 e. The lowest BCUT2D eigenvalue weighted by molar-refractivity contribution is -0.145. The molecule has 27 heavy (non-hydrogen) atoms. The quantitative estimate of drug-likeness (QED) is 0.449. The summed E-state index contributed by atoms with van der Waals surface area (Å²) in [7, 11) is 3.28. The first-order chi connectivity index (χ1) is 12.8. The highest BCUT2D eigenvalue weighted by Crippen LogP contribution is 2.21. The van der Waals surface area contributed by atoms with Gasteiger partial charge in [-0.1, -0.05) is 31.9 Å². The number of nitrogens with one attached hydrogen (secondary N) is 1. The smallest absolute Gasteiger partial charge is 0.328 e. The van der Waals surface area contributed by atoms with Crippen LogP contribution in [0.3, 0.4) is 0 Å². The predicted molar refractivity (Wildman–Crippen MR) is 109 cm³/mol. The molecule has 1 N–H and O–H groups in total. The monoisotopic (exact) mass is 503 g/mol. The summed E-state index contributed by atoms with van der Waals surface area (Å²) in [5.74, 6) is -1.19. The number of hydrogen-bond acceptors (Lipinski definition) is 6. The molecule has 0 radical (unpaired) electrons. The number of benzene rings is 1. The molecule has 1 aromatic rings. The van der Waals surface area contributed by atoms with Gasteiger partial charge >= 0.3 is 5.97 Å². The van der Waals surface area contributed by atoms with Crippen LogP contribution in [0.2, 0.25) is 0 Å². The number of piperazine rings is 1. The third-order valence-electron chi connectivity index (χ3n) is 4.36. The molecule has 2 rings (SSSR count). The molecular weight excluding hydrogens is 482 g/mol. The molecular formula is C18H23Br2N3O4. The van der Waals surface area contributed by atoms with E-state index in [9.17, 15) is 14.4 Å². The van der Waals surface area contributed by atoms with E-state index < -0.39 is 12.0 Å². The van der Waals surface area contributed by atoms with Gasteiger partial charge in [0.1, 0.15) is 6.04 Å². The number of Topliss-reactive ketones (excluding diaryl/α,β-unsaturated/α-hetero) is 1. The molecule has 1 unspecified atom stereocenters. The number of likely N-dealkylation sites (N-methyl/N-ethyl adjacent to an activating group) is 1. The molecule has 1 heterocycles. The summed E-state index contributed by atoms with van der Waals surface area (Å²) in [6, 6.07) is 4.15. The number of methoxy groups -OCH3 is 1. The number of esters is 1. The van der Waals surface area contributed by atoms with Crippen molar-refractivity contribution in [3.8, 4) is 0 Å². The number of rotatable bonds is 7. The van der Waals surface area contributed by atoms with Crippen LogP contribution in [0.15, 0.2) is 27.1 Å². The molecule has 0 bridgehead atoms. The van der Waals surface area contributed by atoms with Crippen molar-refractivity contribution in [3.05, 3.63) is 32.7 Å². The van der Waals surface area contributed by atoms with E-state index in [1.807, 2.05) is 18.0 Å². The maximum atomic E-state index is 12.6. The Balaban J connectivity index is 1.98. The summed E-state index contributed by atoms with van der Waals surface area (Å²) in [5, 5.41) is 2.64. The van der Waals surface area contributed by atoms with Crippen LogP contribution < -0.4 is 5.32 Å². The van der Waals surface area contributed by atoms with Crippen LogP contribution in [0.25, 0.3) is 0 Å². The molecule has 148 valence electrons. The van der Waals surface area contributed by atoms with E-state index in [1.54, 1.807) is 12.1 Å². The average molecular weight is 505 g/mol. The molecule has 1 fully saturated rings. The van der Waals surface area contributed by atoms with E-state index in [0.29, 0.717) is 5.56 Å². The fourth-order valence-electron chi connectivity index (χ4n) is 2.80. The highest BCUT2D eigenvalue weighted by molar-refractivity contribution is 9.11. The summed E-state index contributed by atoms with van der Waals surface area (Å²) >= 11 is 6.67. The van der Waals surface area contributed by atoms with Crippen LogP contribution in [0.5, 0.6) is 0 Å². The molecule has 9 heteroatoms. The van der Waals surface area contributed by atoms with Gasteiger partial charge in [0, 0.05) is 47.1 Å². The van der Waals surface area contributed by atoms with Crippen molar-refractivity contribution >= 4 is 49.5 Å². The lowest BCUT2D eigenvalue weighted by Crippen LogP contribution is -2.51. The second-order valence-electron chi connectivity index (χ2n) is 6.51. The minimum absolute atomic E-state index is 0.163.